The highest BCUT2D eigenvalue weighted by atomic mass is 19.1. The molecule has 4 aromatic rings. The van der Waals surface area contributed by atoms with Crippen molar-refractivity contribution in [2.45, 2.75) is 19.4 Å². The van der Waals surface area contributed by atoms with Crippen molar-refractivity contribution < 1.29 is 9.50 Å². The van der Waals surface area contributed by atoms with Gasteiger partial charge in [0.2, 0.25) is 0 Å². The predicted octanol–water partition coefficient (Wildman–Crippen LogP) is 3.10. The Morgan fingerprint density at radius 2 is 2.07 bits per heavy atom. The molecule has 1 aliphatic rings. The van der Waals surface area contributed by atoms with Gasteiger partial charge in [-0.1, -0.05) is 0 Å². The van der Waals surface area contributed by atoms with Crippen molar-refractivity contribution >= 4 is 22.5 Å². The Labute approximate surface area is 166 Å². The second kappa shape index (κ2) is 7.21. The number of anilines is 2. The predicted molar refractivity (Wildman–Crippen MR) is 107 cm³/mol. The van der Waals surface area contributed by atoms with Crippen molar-refractivity contribution in [3.05, 3.63) is 60.4 Å². The maximum absolute atomic E-state index is 13.6. The van der Waals surface area contributed by atoms with Crippen LogP contribution in [-0.4, -0.2) is 43.0 Å². The normalized spacial score (nSPS) is 13.2. The second-order valence-electron chi connectivity index (χ2n) is 7.01. The molecule has 0 bridgehead atoms. The molecule has 0 unspecified atom stereocenters. The molecule has 8 heteroatoms. The molecule has 0 atom stereocenters. The van der Waals surface area contributed by atoms with Gasteiger partial charge in [-0.05, 0) is 48.7 Å². The van der Waals surface area contributed by atoms with Crippen molar-refractivity contribution in [2.24, 2.45) is 0 Å². The summed E-state index contributed by atoms with van der Waals surface area (Å²) < 4.78 is 15.4. The number of rotatable bonds is 5. The lowest BCUT2D eigenvalue weighted by Crippen LogP contribution is -2.16. The van der Waals surface area contributed by atoms with Gasteiger partial charge in [-0.25, -0.2) is 19.3 Å². The molecule has 0 spiro atoms. The number of fused-ring (bicyclic) bond motifs is 2. The van der Waals surface area contributed by atoms with E-state index in [4.69, 9.17) is 10.1 Å². The van der Waals surface area contributed by atoms with Crippen molar-refractivity contribution in [3.63, 3.8) is 0 Å². The summed E-state index contributed by atoms with van der Waals surface area (Å²) in [5, 5.41) is 13.3. The molecule has 3 aromatic heterocycles. The van der Waals surface area contributed by atoms with Crippen LogP contribution in [0, 0.1) is 5.82 Å². The summed E-state index contributed by atoms with van der Waals surface area (Å²) in [6.07, 6.45) is 6.63. The summed E-state index contributed by atoms with van der Waals surface area (Å²) in [7, 11) is 0. The zero-order chi connectivity index (χ0) is 19.8. The second-order valence-corrected chi connectivity index (χ2v) is 7.01. The van der Waals surface area contributed by atoms with Gasteiger partial charge in [-0.3, -0.25) is 4.68 Å². The van der Waals surface area contributed by atoms with Crippen molar-refractivity contribution in [3.8, 4) is 11.3 Å². The third-order valence-electron chi connectivity index (χ3n) is 5.13. The SMILES string of the molecule is OCCCn1cc(-c2ccc3ncnc(N4CCc5cc(F)ccc54)c3n2)cn1. The molecular weight excluding hydrogens is 371 g/mol. The molecule has 0 aliphatic carbocycles. The van der Waals surface area contributed by atoms with E-state index in [1.807, 2.05) is 18.3 Å². The van der Waals surface area contributed by atoms with E-state index in [9.17, 15) is 4.39 Å². The lowest BCUT2D eigenvalue weighted by molar-refractivity contribution is 0.277. The summed E-state index contributed by atoms with van der Waals surface area (Å²) >= 11 is 0. The van der Waals surface area contributed by atoms with Gasteiger partial charge in [0, 0.05) is 37.1 Å². The number of pyridine rings is 1. The molecule has 4 heterocycles. The highest BCUT2D eigenvalue weighted by molar-refractivity contribution is 5.90. The van der Waals surface area contributed by atoms with E-state index in [0.717, 1.165) is 46.8 Å². The van der Waals surface area contributed by atoms with E-state index in [0.29, 0.717) is 18.5 Å². The van der Waals surface area contributed by atoms with Crippen LogP contribution in [0.3, 0.4) is 0 Å². The van der Waals surface area contributed by atoms with E-state index >= 15 is 0 Å². The van der Waals surface area contributed by atoms with E-state index in [1.54, 1.807) is 23.0 Å². The number of halogens is 1. The zero-order valence-electron chi connectivity index (χ0n) is 15.7. The summed E-state index contributed by atoms with van der Waals surface area (Å²) in [5.74, 6) is 0.492. The van der Waals surface area contributed by atoms with Crippen LogP contribution in [0.4, 0.5) is 15.9 Å². The van der Waals surface area contributed by atoms with Crippen molar-refractivity contribution in [2.75, 3.05) is 18.1 Å². The quantitative estimate of drug-likeness (QED) is 0.564. The maximum Gasteiger partial charge on any atom is 0.163 e. The number of aliphatic hydroxyl groups is 1. The molecule has 7 nitrogen and oxygen atoms in total. The number of nitrogens with zero attached hydrogens (tertiary/aromatic N) is 6. The monoisotopic (exact) mass is 390 g/mol. The van der Waals surface area contributed by atoms with E-state index < -0.39 is 0 Å². The van der Waals surface area contributed by atoms with Crippen molar-refractivity contribution in [1.29, 1.82) is 0 Å². The molecule has 29 heavy (non-hydrogen) atoms. The highest BCUT2D eigenvalue weighted by Crippen LogP contribution is 2.36. The molecule has 0 fully saturated rings. The maximum atomic E-state index is 13.6. The lowest BCUT2D eigenvalue weighted by atomic mass is 10.1. The topological polar surface area (TPSA) is 80.0 Å². The summed E-state index contributed by atoms with van der Waals surface area (Å²) in [4.78, 5) is 15.8. The van der Waals surface area contributed by atoms with Crippen LogP contribution >= 0.6 is 0 Å². The van der Waals surface area contributed by atoms with Crippen molar-refractivity contribution in [1.82, 2.24) is 24.7 Å². The summed E-state index contributed by atoms with van der Waals surface area (Å²) in [5.41, 5.74) is 5.05. The minimum Gasteiger partial charge on any atom is -0.396 e. The largest absolute Gasteiger partial charge is 0.396 e. The van der Waals surface area contributed by atoms with Gasteiger partial charge in [-0.2, -0.15) is 5.10 Å². The number of aromatic nitrogens is 5. The molecule has 0 radical (unpaired) electrons. The first-order valence-corrected chi connectivity index (χ1v) is 9.54. The van der Waals surface area contributed by atoms with Crippen LogP contribution in [0.1, 0.15) is 12.0 Å². The van der Waals surface area contributed by atoms with Crippen LogP contribution in [0.15, 0.2) is 49.1 Å². The van der Waals surface area contributed by atoms with Crippen LogP contribution in [0.2, 0.25) is 0 Å². The van der Waals surface area contributed by atoms with Crippen LogP contribution in [0.5, 0.6) is 0 Å². The minimum atomic E-state index is -0.225. The van der Waals surface area contributed by atoms with E-state index in [-0.39, 0.29) is 12.4 Å². The Hall–Kier alpha value is -3.39. The number of hydrogen-bond acceptors (Lipinski definition) is 6. The van der Waals surface area contributed by atoms with Gasteiger partial charge in [0.1, 0.15) is 17.7 Å². The first kappa shape index (κ1) is 17.7. The Balaban J connectivity index is 1.56. The fourth-order valence-electron chi connectivity index (χ4n) is 3.73. The number of aryl methyl sites for hydroxylation is 1. The van der Waals surface area contributed by atoms with Crippen LogP contribution in [-0.2, 0) is 13.0 Å². The Kier molecular flexibility index (Phi) is 4.40. The van der Waals surface area contributed by atoms with Crippen LogP contribution < -0.4 is 4.90 Å². The van der Waals surface area contributed by atoms with Gasteiger partial charge in [0.15, 0.2) is 5.82 Å². The first-order chi connectivity index (χ1) is 14.2. The van der Waals surface area contributed by atoms with Gasteiger partial charge >= 0.3 is 0 Å². The van der Waals surface area contributed by atoms with Gasteiger partial charge < -0.3 is 10.0 Å². The molecule has 1 aromatic carbocycles. The highest BCUT2D eigenvalue weighted by Gasteiger charge is 2.24. The third kappa shape index (κ3) is 3.21. The fraction of sp³-hybridized carbons (Fsp3) is 0.238. The van der Waals surface area contributed by atoms with Gasteiger partial charge in [0.25, 0.3) is 0 Å². The molecule has 0 saturated heterocycles. The fourth-order valence-corrected chi connectivity index (χ4v) is 3.73. The molecule has 1 N–H and O–H groups in total. The molecule has 1 aliphatic heterocycles. The molecule has 0 amide bonds. The summed E-state index contributed by atoms with van der Waals surface area (Å²) in [6, 6.07) is 8.69. The number of hydrogen-bond donors (Lipinski definition) is 1. The molecule has 146 valence electrons. The Morgan fingerprint density at radius 1 is 1.14 bits per heavy atom. The van der Waals surface area contributed by atoms with Gasteiger partial charge in [0.05, 0.1) is 17.4 Å². The average molecular weight is 390 g/mol. The number of benzene rings is 1. The number of aliphatic hydroxyl groups excluding tert-OH is 1. The third-order valence-corrected chi connectivity index (χ3v) is 5.13. The Bertz CT molecular complexity index is 1190. The summed E-state index contributed by atoms with van der Waals surface area (Å²) in [6.45, 7) is 1.50. The standard InChI is InChI=1S/C21H19FN6O/c22-16-2-5-19-14(10-16)6-8-28(19)21-20-18(23-13-24-21)4-3-17(26-20)15-11-25-27(12-15)7-1-9-29/h2-5,10-13,29H,1,6-9H2. The zero-order valence-corrected chi connectivity index (χ0v) is 15.7. The smallest absolute Gasteiger partial charge is 0.163 e. The van der Waals surface area contributed by atoms with E-state index in [2.05, 4.69) is 20.0 Å². The van der Waals surface area contributed by atoms with Gasteiger partial charge in [-0.15, -0.1) is 0 Å². The molecule has 5 rings (SSSR count). The average Bonchev–Trinajstić information content (AvgIpc) is 3.38. The van der Waals surface area contributed by atoms with E-state index in [1.165, 1.54) is 12.4 Å². The lowest BCUT2D eigenvalue weighted by Gasteiger charge is -2.19. The molecular formula is C21H19FN6O. The Morgan fingerprint density at radius 3 is 2.97 bits per heavy atom. The first-order valence-electron chi connectivity index (χ1n) is 9.54. The molecule has 0 saturated carbocycles. The minimum absolute atomic E-state index is 0.130. The van der Waals surface area contributed by atoms with Crippen LogP contribution in [0.25, 0.3) is 22.3 Å².